The van der Waals surface area contributed by atoms with Gasteiger partial charge in [-0.1, -0.05) is 164 Å². The number of hydrogen-bond acceptors (Lipinski definition) is 7. The lowest BCUT2D eigenvalue weighted by Crippen LogP contribution is -2.55. The Morgan fingerprint density at radius 1 is 0.508 bits per heavy atom. The molecule has 0 bridgehead atoms. The second kappa shape index (κ2) is 43.4. The molecule has 0 aromatic rings. The molecule has 0 spiro atoms. The number of carboxylic acid groups (broad SMARTS) is 1. The van der Waals surface area contributed by atoms with E-state index in [1.165, 1.54) is 77.0 Å². The Balaban J connectivity index is 4.32. The predicted molar refractivity (Wildman–Crippen MR) is 254 cm³/mol. The topological polar surface area (TPSA) is 102 Å². The summed E-state index contributed by atoms with van der Waals surface area (Å²) >= 11 is 0. The highest BCUT2D eigenvalue weighted by Gasteiger charge is 2.25. The largest absolute Gasteiger partial charge is 0.544 e. The van der Waals surface area contributed by atoms with E-state index >= 15 is 0 Å². The van der Waals surface area contributed by atoms with Crippen molar-refractivity contribution in [1.82, 2.24) is 0 Å². The van der Waals surface area contributed by atoms with Crippen LogP contribution < -0.4 is 5.11 Å². The first-order valence-electron chi connectivity index (χ1n) is 24.5. The molecule has 0 aromatic heterocycles. The molecule has 0 rings (SSSR count). The summed E-state index contributed by atoms with van der Waals surface area (Å²) in [6.07, 6.45) is 54.9. The van der Waals surface area contributed by atoms with Gasteiger partial charge in [0, 0.05) is 19.3 Å². The summed E-state index contributed by atoms with van der Waals surface area (Å²) in [6, 6.07) is -0.732. The van der Waals surface area contributed by atoms with Crippen molar-refractivity contribution in [3.05, 3.63) is 72.9 Å². The molecular formula is C53H91NO7. The third kappa shape index (κ3) is 41.9. The van der Waals surface area contributed by atoms with E-state index in [2.05, 4.69) is 86.8 Å². The van der Waals surface area contributed by atoms with E-state index in [-0.39, 0.29) is 42.7 Å². The fourth-order valence-corrected chi connectivity index (χ4v) is 6.80. The molecule has 61 heavy (non-hydrogen) atoms. The van der Waals surface area contributed by atoms with Crippen LogP contribution >= 0.6 is 0 Å². The molecule has 0 saturated heterocycles. The molecule has 0 N–H and O–H groups in total. The standard InChI is InChI=1S/C53H91NO7/c1-6-8-10-12-14-16-18-20-22-23-24-25-26-27-28-30-32-34-36-38-40-42-44-52(56)61-49(47-59-46-45-50(53(57)58)54(3,4)5)48-60-51(55)43-41-39-37-35-33-31-29-21-19-17-15-13-11-9-7-2/h8,10,14,16-17,19-20,22,24-25,27-28,49-50H,6-7,9,11-13,15,18,21,23,26,29-48H2,1-5H3/b10-8+,16-14+,19-17+,22-20+,25-24+,28-27+. The molecule has 0 aliphatic carbocycles. The SMILES string of the molecule is CC/C=C/C/C=C/C/C=C/C/C=C/C/C=C/CCCCCCCCC(=O)OC(COCCC(C(=O)[O-])[N+](C)(C)C)COC(=O)CCCCCCCCC/C=C/CCCCCC. The number of carboxylic acids is 1. The second-order valence-electron chi connectivity index (χ2n) is 17.3. The van der Waals surface area contributed by atoms with Gasteiger partial charge in [-0.05, 0) is 83.5 Å². The van der Waals surface area contributed by atoms with Gasteiger partial charge in [0.1, 0.15) is 12.6 Å². The number of likely N-dealkylation sites (N-methyl/N-ethyl adjacent to an activating group) is 1. The quantitative estimate of drug-likeness (QED) is 0.0260. The summed E-state index contributed by atoms with van der Waals surface area (Å²) in [5.74, 6) is -1.76. The first-order chi connectivity index (χ1) is 29.6. The van der Waals surface area contributed by atoms with Gasteiger partial charge >= 0.3 is 11.9 Å². The predicted octanol–water partition coefficient (Wildman–Crippen LogP) is 12.6. The molecule has 0 saturated carbocycles. The van der Waals surface area contributed by atoms with E-state index < -0.39 is 18.1 Å². The smallest absolute Gasteiger partial charge is 0.306 e. The van der Waals surface area contributed by atoms with E-state index in [0.717, 1.165) is 83.5 Å². The highest BCUT2D eigenvalue weighted by Crippen LogP contribution is 2.14. The first-order valence-corrected chi connectivity index (χ1v) is 24.5. The first kappa shape index (κ1) is 57.8. The number of hydrogen-bond donors (Lipinski definition) is 0. The molecular weight excluding hydrogens is 763 g/mol. The molecule has 0 aliphatic heterocycles. The molecule has 0 heterocycles. The molecule has 0 fully saturated rings. The fraction of sp³-hybridized carbons (Fsp3) is 0.717. The van der Waals surface area contributed by atoms with Gasteiger partial charge in [-0.3, -0.25) is 9.59 Å². The van der Waals surface area contributed by atoms with Crippen LogP contribution in [0.3, 0.4) is 0 Å². The molecule has 350 valence electrons. The number of quaternary nitrogens is 1. The van der Waals surface area contributed by atoms with Gasteiger partial charge < -0.3 is 28.6 Å². The number of ether oxygens (including phenoxy) is 3. The second-order valence-corrected chi connectivity index (χ2v) is 17.3. The molecule has 0 radical (unpaired) electrons. The third-order valence-corrected chi connectivity index (χ3v) is 10.6. The lowest BCUT2D eigenvalue weighted by Gasteiger charge is -2.34. The monoisotopic (exact) mass is 854 g/mol. The number of carbonyl (C=O) groups is 3. The van der Waals surface area contributed by atoms with Gasteiger partial charge in [-0.2, -0.15) is 0 Å². The Labute approximate surface area is 374 Å². The number of rotatable bonds is 43. The molecule has 0 amide bonds. The maximum absolute atomic E-state index is 12.8. The van der Waals surface area contributed by atoms with E-state index in [9.17, 15) is 19.5 Å². The molecule has 0 aromatic carbocycles. The van der Waals surface area contributed by atoms with E-state index in [1.807, 2.05) is 0 Å². The zero-order valence-electron chi connectivity index (χ0n) is 39.8. The summed E-state index contributed by atoms with van der Waals surface area (Å²) in [5, 5.41) is 11.6. The Morgan fingerprint density at radius 2 is 0.918 bits per heavy atom. The van der Waals surface area contributed by atoms with Crippen molar-refractivity contribution in [2.24, 2.45) is 0 Å². The highest BCUT2D eigenvalue weighted by atomic mass is 16.6. The Bertz CT molecular complexity index is 1230. The zero-order valence-corrected chi connectivity index (χ0v) is 39.8. The maximum Gasteiger partial charge on any atom is 0.306 e. The normalized spacial score (nSPS) is 13.5. The lowest BCUT2D eigenvalue weighted by molar-refractivity contribution is -0.889. The number of esters is 2. The van der Waals surface area contributed by atoms with Crippen molar-refractivity contribution in [3.8, 4) is 0 Å². The van der Waals surface area contributed by atoms with Gasteiger partial charge in [0.25, 0.3) is 0 Å². The summed E-state index contributed by atoms with van der Waals surface area (Å²) < 4.78 is 17.2. The van der Waals surface area contributed by atoms with Crippen LogP contribution in [-0.4, -0.2) is 75.5 Å². The fourth-order valence-electron chi connectivity index (χ4n) is 6.80. The van der Waals surface area contributed by atoms with Crippen LogP contribution in [-0.2, 0) is 28.6 Å². The summed E-state index contributed by atoms with van der Waals surface area (Å²) in [5.41, 5.74) is 0. The summed E-state index contributed by atoms with van der Waals surface area (Å²) in [6.45, 7) is 4.52. The number of nitrogens with zero attached hydrogens (tertiary/aromatic N) is 1. The minimum atomic E-state index is -1.13. The summed E-state index contributed by atoms with van der Waals surface area (Å²) in [7, 11) is 5.40. The third-order valence-electron chi connectivity index (χ3n) is 10.6. The number of carbonyl (C=O) groups excluding carboxylic acids is 3. The lowest BCUT2D eigenvalue weighted by atomic mass is 10.1. The molecule has 2 unspecified atom stereocenters. The van der Waals surface area contributed by atoms with Crippen LogP contribution in [0, 0.1) is 0 Å². The Kier molecular flexibility index (Phi) is 41.1. The van der Waals surface area contributed by atoms with Gasteiger partial charge in [0.05, 0.1) is 40.3 Å². The maximum atomic E-state index is 12.8. The number of allylic oxidation sites excluding steroid dienone is 12. The molecule has 8 nitrogen and oxygen atoms in total. The number of unbranched alkanes of at least 4 members (excludes halogenated alkanes) is 17. The van der Waals surface area contributed by atoms with Crippen molar-refractivity contribution >= 4 is 17.9 Å². The highest BCUT2D eigenvalue weighted by molar-refractivity contribution is 5.70. The van der Waals surface area contributed by atoms with E-state index in [4.69, 9.17) is 14.2 Å². The van der Waals surface area contributed by atoms with Crippen LogP contribution in [0.4, 0.5) is 0 Å². The minimum Gasteiger partial charge on any atom is -0.544 e. The minimum absolute atomic E-state index is 0.0303. The van der Waals surface area contributed by atoms with Crippen molar-refractivity contribution in [1.29, 1.82) is 0 Å². The van der Waals surface area contributed by atoms with Gasteiger partial charge in [0.2, 0.25) is 0 Å². The molecule has 0 aliphatic rings. The van der Waals surface area contributed by atoms with Crippen molar-refractivity contribution in [2.45, 2.75) is 206 Å². The van der Waals surface area contributed by atoms with Crippen LogP contribution in [0.15, 0.2) is 72.9 Å². The van der Waals surface area contributed by atoms with Crippen LogP contribution in [0.1, 0.15) is 194 Å². The van der Waals surface area contributed by atoms with E-state index in [0.29, 0.717) is 12.8 Å². The molecule has 8 heteroatoms. The van der Waals surface area contributed by atoms with Crippen LogP contribution in [0.25, 0.3) is 0 Å². The Morgan fingerprint density at radius 3 is 1.38 bits per heavy atom. The zero-order chi connectivity index (χ0) is 44.9. The average molecular weight is 854 g/mol. The Hall–Kier alpha value is -3.23. The van der Waals surface area contributed by atoms with Crippen molar-refractivity contribution in [2.75, 3.05) is 41.0 Å². The van der Waals surface area contributed by atoms with Gasteiger partial charge in [-0.25, -0.2) is 0 Å². The van der Waals surface area contributed by atoms with Crippen LogP contribution in [0.5, 0.6) is 0 Å². The van der Waals surface area contributed by atoms with Gasteiger partial charge in [0.15, 0.2) is 6.10 Å². The number of aliphatic carboxylic acids is 1. The van der Waals surface area contributed by atoms with Gasteiger partial charge in [-0.15, -0.1) is 0 Å². The van der Waals surface area contributed by atoms with E-state index in [1.54, 1.807) is 21.1 Å². The molecule has 2 atom stereocenters. The van der Waals surface area contributed by atoms with Crippen molar-refractivity contribution < 1.29 is 38.2 Å². The van der Waals surface area contributed by atoms with Crippen molar-refractivity contribution in [3.63, 3.8) is 0 Å². The summed E-state index contributed by atoms with van der Waals surface area (Å²) in [4.78, 5) is 37.0. The van der Waals surface area contributed by atoms with Crippen LogP contribution in [0.2, 0.25) is 0 Å². The average Bonchev–Trinajstić information content (AvgIpc) is 3.22.